The molecule has 0 saturated carbocycles. The van der Waals surface area contributed by atoms with Crippen LogP contribution in [0.3, 0.4) is 0 Å². The van der Waals surface area contributed by atoms with Crippen LogP contribution in [0, 0.1) is 5.82 Å². The van der Waals surface area contributed by atoms with Crippen molar-refractivity contribution in [1.29, 1.82) is 0 Å². The topological polar surface area (TPSA) is 40.5 Å². The normalized spacial score (nSPS) is 11.6. The summed E-state index contributed by atoms with van der Waals surface area (Å²) in [5.41, 5.74) is 0.150. The fraction of sp³-hybridized carbons (Fsp3) is 0.400. The Morgan fingerprint density at radius 1 is 1.21 bits per heavy atom. The molecule has 0 unspecified atom stereocenters. The van der Waals surface area contributed by atoms with Gasteiger partial charge < -0.3 is 10.0 Å². The highest BCUT2D eigenvalue weighted by Gasteiger charge is 2.26. The van der Waals surface area contributed by atoms with E-state index in [4.69, 9.17) is 10.0 Å². The van der Waals surface area contributed by atoms with Gasteiger partial charge in [-0.3, -0.25) is 0 Å². The minimum absolute atomic E-state index is 0.234. The van der Waals surface area contributed by atoms with Crippen molar-refractivity contribution < 1.29 is 14.4 Å². The van der Waals surface area contributed by atoms with E-state index < -0.39 is 18.4 Å². The van der Waals surface area contributed by atoms with E-state index in [2.05, 4.69) is 0 Å². The molecular weight excluding hydrogens is 182 g/mol. The highest BCUT2D eigenvalue weighted by Crippen LogP contribution is 2.23. The van der Waals surface area contributed by atoms with Crippen LogP contribution in [0.25, 0.3) is 0 Å². The molecule has 0 heterocycles. The minimum Gasteiger partial charge on any atom is -0.423 e. The first-order chi connectivity index (χ1) is 6.34. The Kier molecular flexibility index (Phi) is 2.97. The monoisotopic (exact) mass is 196 g/mol. The molecule has 0 aliphatic heterocycles. The molecule has 2 nitrogen and oxygen atoms in total. The highest BCUT2D eigenvalue weighted by atomic mass is 19.1. The first-order valence-corrected chi connectivity index (χ1v) is 4.49. The van der Waals surface area contributed by atoms with E-state index in [9.17, 15) is 4.39 Å². The van der Waals surface area contributed by atoms with Crippen LogP contribution in [0.1, 0.15) is 26.3 Å². The molecule has 0 bridgehead atoms. The molecule has 0 aliphatic rings. The standard InChI is InChI=1S/C10H14BFO2/c1-10(2,3)9-7(11(13)14)5-4-6-8(9)12/h4-6,13-14H,1-3H3. The first kappa shape index (κ1) is 11.2. The molecule has 0 atom stereocenters. The molecule has 0 spiro atoms. The summed E-state index contributed by atoms with van der Waals surface area (Å²) in [5, 5.41) is 18.2. The quantitative estimate of drug-likeness (QED) is 0.652. The molecular formula is C10H14BFO2. The van der Waals surface area contributed by atoms with Gasteiger partial charge in [0.15, 0.2) is 0 Å². The van der Waals surface area contributed by atoms with Crippen molar-refractivity contribution >= 4 is 12.6 Å². The van der Waals surface area contributed by atoms with E-state index in [1.54, 1.807) is 0 Å². The van der Waals surface area contributed by atoms with Crippen LogP contribution in [0.15, 0.2) is 18.2 Å². The third-order valence-electron chi connectivity index (χ3n) is 2.07. The van der Waals surface area contributed by atoms with Crippen LogP contribution < -0.4 is 5.46 Å². The summed E-state index contributed by atoms with van der Waals surface area (Å²) in [4.78, 5) is 0. The lowest BCUT2D eigenvalue weighted by Crippen LogP contribution is -2.38. The van der Waals surface area contributed by atoms with Crippen molar-refractivity contribution in [2.45, 2.75) is 26.2 Å². The number of hydrogen-bond donors (Lipinski definition) is 2. The van der Waals surface area contributed by atoms with Gasteiger partial charge in [-0.1, -0.05) is 32.9 Å². The van der Waals surface area contributed by atoms with Crippen LogP contribution in [-0.4, -0.2) is 17.2 Å². The number of benzene rings is 1. The van der Waals surface area contributed by atoms with Crippen LogP contribution in [0.5, 0.6) is 0 Å². The van der Waals surface area contributed by atoms with Gasteiger partial charge in [0.25, 0.3) is 0 Å². The number of hydrogen-bond acceptors (Lipinski definition) is 2. The molecule has 2 N–H and O–H groups in total. The highest BCUT2D eigenvalue weighted by molar-refractivity contribution is 6.59. The van der Waals surface area contributed by atoms with Crippen molar-refractivity contribution in [3.8, 4) is 0 Å². The van der Waals surface area contributed by atoms with Crippen LogP contribution in [0.4, 0.5) is 4.39 Å². The second-order valence-corrected chi connectivity index (χ2v) is 4.33. The zero-order chi connectivity index (χ0) is 10.9. The Bertz CT molecular complexity index is 331. The van der Waals surface area contributed by atoms with E-state index in [0.29, 0.717) is 5.56 Å². The third kappa shape index (κ3) is 2.14. The summed E-state index contributed by atoms with van der Waals surface area (Å²) < 4.78 is 13.5. The Morgan fingerprint density at radius 2 is 1.79 bits per heavy atom. The predicted octanol–water partition coefficient (Wildman–Crippen LogP) is 0.803. The maximum absolute atomic E-state index is 13.5. The fourth-order valence-corrected chi connectivity index (χ4v) is 1.55. The van der Waals surface area contributed by atoms with Crippen LogP contribution in [-0.2, 0) is 5.41 Å². The van der Waals surface area contributed by atoms with Gasteiger partial charge in [-0.05, 0) is 22.5 Å². The SMILES string of the molecule is CC(C)(C)c1c(F)cccc1B(O)O. The second-order valence-electron chi connectivity index (χ2n) is 4.33. The number of halogens is 1. The lowest BCUT2D eigenvalue weighted by molar-refractivity contribution is 0.422. The molecule has 4 heteroatoms. The van der Waals surface area contributed by atoms with E-state index in [1.165, 1.54) is 18.2 Å². The third-order valence-corrected chi connectivity index (χ3v) is 2.07. The minimum atomic E-state index is -1.63. The smallest absolute Gasteiger partial charge is 0.423 e. The van der Waals surface area contributed by atoms with Crippen LogP contribution >= 0.6 is 0 Å². The van der Waals surface area contributed by atoms with Crippen molar-refractivity contribution in [2.75, 3.05) is 0 Å². The maximum atomic E-state index is 13.5. The van der Waals surface area contributed by atoms with E-state index in [-0.39, 0.29) is 5.46 Å². The summed E-state index contributed by atoms with van der Waals surface area (Å²) in [6.45, 7) is 5.49. The Hall–Kier alpha value is -0.865. The van der Waals surface area contributed by atoms with Gasteiger partial charge >= 0.3 is 7.12 Å². The fourth-order valence-electron chi connectivity index (χ4n) is 1.55. The van der Waals surface area contributed by atoms with Gasteiger partial charge in [0.05, 0.1) is 0 Å². The summed E-state index contributed by atoms with van der Waals surface area (Å²) in [6.07, 6.45) is 0. The van der Waals surface area contributed by atoms with E-state index in [0.717, 1.165) is 0 Å². The van der Waals surface area contributed by atoms with Gasteiger partial charge in [0.2, 0.25) is 0 Å². The molecule has 0 fully saturated rings. The molecule has 0 radical (unpaired) electrons. The van der Waals surface area contributed by atoms with Crippen molar-refractivity contribution in [3.05, 3.63) is 29.6 Å². The number of rotatable bonds is 1. The van der Waals surface area contributed by atoms with Gasteiger partial charge in [-0.15, -0.1) is 0 Å². The average molecular weight is 196 g/mol. The average Bonchev–Trinajstić information content (AvgIpc) is 2.01. The molecule has 1 aromatic rings. The maximum Gasteiger partial charge on any atom is 0.488 e. The summed E-state index contributed by atoms with van der Waals surface area (Å²) in [7, 11) is -1.63. The zero-order valence-electron chi connectivity index (χ0n) is 8.58. The van der Waals surface area contributed by atoms with Crippen molar-refractivity contribution in [3.63, 3.8) is 0 Å². The molecule has 0 aromatic heterocycles. The molecule has 76 valence electrons. The van der Waals surface area contributed by atoms with E-state index >= 15 is 0 Å². The molecule has 1 aromatic carbocycles. The Balaban J connectivity index is 3.38. The van der Waals surface area contributed by atoms with Gasteiger partial charge in [-0.2, -0.15) is 0 Å². The first-order valence-electron chi connectivity index (χ1n) is 4.49. The van der Waals surface area contributed by atoms with Gasteiger partial charge in [0.1, 0.15) is 5.82 Å². The largest absolute Gasteiger partial charge is 0.488 e. The molecule has 0 saturated heterocycles. The second kappa shape index (κ2) is 3.71. The summed E-state index contributed by atoms with van der Waals surface area (Å²) >= 11 is 0. The van der Waals surface area contributed by atoms with Gasteiger partial charge in [0, 0.05) is 0 Å². The van der Waals surface area contributed by atoms with Gasteiger partial charge in [-0.25, -0.2) is 4.39 Å². The summed E-state index contributed by atoms with van der Waals surface area (Å²) in [6, 6.07) is 4.32. The molecule has 0 aliphatic carbocycles. The Morgan fingerprint density at radius 3 is 2.14 bits per heavy atom. The molecule has 0 amide bonds. The Labute approximate surface area is 83.5 Å². The van der Waals surface area contributed by atoms with Crippen molar-refractivity contribution in [1.82, 2.24) is 0 Å². The van der Waals surface area contributed by atoms with E-state index in [1.807, 2.05) is 20.8 Å². The van der Waals surface area contributed by atoms with Crippen LogP contribution in [0.2, 0.25) is 0 Å². The predicted molar refractivity (Wildman–Crippen MR) is 54.9 cm³/mol. The molecule has 14 heavy (non-hydrogen) atoms. The summed E-state index contributed by atoms with van der Waals surface area (Å²) in [5.74, 6) is -0.400. The lowest BCUT2D eigenvalue weighted by Gasteiger charge is -2.23. The zero-order valence-corrected chi connectivity index (χ0v) is 8.58. The molecule has 1 rings (SSSR count). The lowest BCUT2D eigenvalue weighted by atomic mass is 9.70. The van der Waals surface area contributed by atoms with Crippen molar-refractivity contribution in [2.24, 2.45) is 0 Å².